The third-order valence-electron chi connectivity index (χ3n) is 15.8. The van der Waals surface area contributed by atoms with Gasteiger partial charge in [0.2, 0.25) is 11.8 Å². The number of halogens is 1. The Labute approximate surface area is 566 Å². The summed E-state index contributed by atoms with van der Waals surface area (Å²) in [6, 6.07) is 10.2. The van der Waals surface area contributed by atoms with Gasteiger partial charge in [-0.15, -0.1) is 0 Å². The molecule has 0 aliphatic carbocycles. The molecule has 4 atom stereocenters. The lowest BCUT2D eigenvalue weighted by atomic mass is 10.1. The third kappa shape index (κ3) is 19.8. The molecular formula is C68H93IN6O18Si. The number of hydrogen-bond donors (Lipinski definition) is 3. The average molecular weight is 1440 g/mol. The van der Waals surface area contributed by atoms with E-state index in [1.54, 1.807) is 70.8 Å². The van der Waals surface area contributed by atoms with Gasteiger partial charge in [0, 0.05) is 43.1 Å². The van der Waals surface area contributed by atoms with E-state index in [0.29, 0.717) is 80.1 Å². The summed E-state index contributed by atoms with van der Waals surface area (Å²) in [4.78, 5) is 87.9. The summed E-state index contributed by atoms with van der Waals surface area (Å²) < 4.78 is 66.6. The van der Waals surface area contributed by atoms with Crippen LogP contribution in [0.4, 0.5) is 21.0 Å². The number of nitrogens with one attached hydrogen (secondary N) is 2. The molecule has 7 rings (SSSR count). The quantitative estimate of drug-likeness (QED) is 0.0211. The first-order chi connectivity index (χ1) is 44.3. The summed E-state index contributed by atoms with van der Waals surface area (Å²) in [7, 11) is 0.207. The van der Waals surface area contributed by atoms with E-state index in [1.165, 1.54) is 36.2 Å². The van der Waals surface area contributed by atoms with Gasteiger partial charge in [0.05, 0.1) is 113 Å². The van der Waals surface area contributed by atoms with Gasteiger partial charge >= 0.3 is 12.2 Å². The number of methoxy groups -OCH3 is 2. The fourth-order valence-corrected chi connectivity index (χ4v) is 11.9. The number of alkyl halides is 1. The normalized spacial score (nSPS) is 17.9. The topological polar surface area (TPSA) is 261 Å². The molecule has 0 fully saturated rings. The van der Waals surface area contributed by atoms with E-state index in [4.69, 9.17) is 51.8 Å². The van der Waals surface area contributed by atoms with Crippen LogP contribution in [0.25, 0.3) is 0 Å². The van der Waals surface area contributed by atoms with E-state index in [2.05, 4.69) is 56.3 Å². The van der Waals surface area contributed by atoms with Crippen LogP contribution >= 0.6 is 22.6 Å². The number of carbonyl (C=O) groups is 6. The number of rotatable bonds is 27. The minimum atomic E-state index is -2.68. The predicted molar refractivity (Wildman–Crippen MR) is 363 cm³/mol. The highest BCUT2D eigenvalue weighted by atomic mass is 127. The Kier molecular flexibility index (Phi) is 25.8. The van der Waals surface area contributed by atoms with Crippen molar-refractivity contribution in [2.45, 2.75) is 163 Å². The second-order valence-corrected chi connectivity index (χ2v) is 32.2. The molecule has 24 nitrogen and oxygen atoms in total. The van der Waals surface area contributed by atoms with Crippen molar-refractivity contribution >= 4 is 78.1 Å². The SMILES string of the molecule is COc1cc2c(cc1OCc1cc(C#CCNC(=O)CCOCCOCCOCCOCCNC(=O)CI)cc(COc3cc4c(cc3OC)C(=O)N3C=C(C)C[C@H]3[C@H](O[Si](C)(C)C(C)(C)C)N4C(=O)OC(C)(C)C)c1)N(C(=O)OC(C)(C)C)[C@@H](O)[C@@H]1CC(C)=CN1C2=O. The number of aliphatic hydroxyl groups is 1. The largest absolute Gasteiger partial charge is 0.493 e. The fraction of sp³-hybridized carbons (Fsp3) is 0.559. The van der Waals surface area contributed by atoms with Crippen LogP contribution in [0.15, 0.2) is 66.0 Å². The van der Waals surface area contributed by atoms with Gasteiger partial charge in [-0.2, -0.15) is 0 Å². The van der Waals surface area contributed by atoms with Gasteiger partial charge in [0.15, 0.2) is 43.8 Å². The first-order valence-electron chi connectivity index (χ1n) is 31.5. The summed E-state index contributed by atoms with van der Waals surface area (Å²) in [5.74, 6) is 5.78. The zero-order valence-corrected chi connectivity index (χ0v) is 60.0. The molecule has 514 valence electrons. The first kappa shape index (κ1) is 74.4. The van der Waals surface area contributed by atoms with E-state index >= 15 is 0 Å². The number of anilines is 2. The van der Waals surface area contributed by atoms with Crippen molar-refractivity contribution in [2.24, 2.45) is 0 Å². The van der Waals surface area contributed by atoms with E-state index in [1.807, 2.05) is 54.8 Å². The minimum absolute atomic E-state index is 0.000349. The average Bonchev–Trinajstić information content (AvgIpc) is 1.57. The molecule has 0 bridgehead atoms. The highest BCUT2D eigenvalue weighted by molar-refractivity contribution is 14.1. The Hall–Kier alpha value is -6.97. The molecule has 0 saturated carbocycles. The molecule has 94 heavy (non-hydrogen) atoms. The number of aliphatic hydroxyl groups excluding tert-OH is 1. The van der Waals surface area contributed by atoms with Crippen LogP contribution in [0.5, 0.6) is 23.0 Å². The monoisotopic (exact) mass is 1440 g/mol. The number of hydrogen-bond acceptors (Lipinski definition) is 18. The van der Waals surface area contributed by atoms with E-state index in [-0.39, 0.29) is 108 Å². The van der Waals surface area contributed by atoms with Crippen molar-refractivity contribution in [1.82, 2.24) is 20.4 Å². The fourth-order valence-electron chi connectivity index (χ4n) is 10.4. The van der Waals surface area contributed by atoms with Crippen LogP contribution < -0.4 is 39.4 Å². The lowest BCUT2D eigenvalue weighted by molar-refractivity contribution is -0.122. The van der Waals surface area contributed by atoms with Gasteiger partial charge in [-0.05, 0) is 128 Å². The van der Waals surface area contributed by atoms with Gasteiger partial charge < -0.3 is 77.3 Å². The Balaban J connectivity index is 1.14. The van der Waals surface area contributed by atoms with Crippen molar-refractivity contribution in [1.29, 1.82) is 0 Å². The maximum atomic E-state index is 14.9. The molecule has 3 aromatic rings. The highest BCUT2D eigenvalue weighted by Crippen LogP contribution is 2.47. The molecule has 3 N–H and O–H groups in total. The molecule has 6 amide bonds. The number of amides is 6. The summed E-state index contributed by atoms with van der Waals surface area (Å²) in [6.45, 7) is 27.7. The number of carbonyl (C=O) groups excluding carboxylic acids is 6. The van der Waals surface area contributed by atoms with Crippen LogP contribution in [0.1, 0.15) is 133 Å². The molecule has 3 aromatic carbocycles. The van der Waals surface area contributed by atoms with E-state index in [0.717, 1.165) is 16.0 Å². The summed E-state index contributed by atoms with van der Waals surface area (Å²) in [5.41, 5.74) is 2.11. The molecule has 4 aliphatic rings. The second-order valence-electron chi connectivity index (χ2n) is 26.7. The number of nitrogens with zero attached hydrogens (tertiary/aromatic N) is 4. The van der Waals surface area contributed by atoms with Crippen LogP contribution in [0, 0.1) is 11.8 Å². The van der Waals surface area contributed by atoms with E-state index < -0.39 is 62.2 Å². The van der Waals surface area contributed by atoms with Crippen molar-refractivity contribution in [3.05, 3.63) is 93.8 Å². The predicted octanol–water partition coefficient (Wildman–Crippen LogP) is 9.75. The zero-order chi connectivity index (χ0) is 68.9. The van der Waals surface area contributed by atoms with Crippen LogP contribution in [0.3, 0.4) is 0 Å². The molecule has 0 radical (unpaired) electrons. The van der Waals surface area contributed by atoms with Crippen LogP contribution in [-0.2, 0) is 55.7 Å². The molecule has 0 saturated heterocycles. The Morgan fingerprint density at radius 3 is 1.57 bits per heavy atom. The number of benzene rings is 3. The highest BCUT2D eigenvalue weighted by Gasteiger charge is 2.51. The zero-order valence-electron chi connectivity index (χ0n) is 56.9. The smallest absolute Gasteiger partial charge is 0.417 e. The number of fused-ring (bicyclic) bond motifs is 4. The third-order valence-corrected chi connectivity index (χ3v) is 21.0. The maximum absolute atomic E-state index is 14.9. The molecule has 4 aliphatic heterocycles. The van der Waals surface area contributed by atoms with Crippen LogP contribution in [-0.4, -0.2) is 179 Å². The van der Waals surface area contributed by atoms with Gasteiger partial charge in [-0.3, -0.25) is 19.2 Å². The summed E-state index contributed by atoms with van der Waals surface area (Å²) in [5, 5.41) is 17.2. The van der Waals surface area contributed by atoms with Gasteiger partial charge in [0.25, 0.3) is 11.8 Å². The van der Waals surface area contributed by atoms with Crippen LogP contribution in [0.2, 0.25) is 18.1 Å². The lowest BCUT2D eigenvalue weighted by Crippen LogP contribution is -2.58. The summed E-state index contributed by atoms with van der Waals surface area (Å²) in [6.07, 6.45) is 0.290. The van der Waals surface area contributed by atoms with E-state index in [9.17, 15) is 33.9 Å². The van der Waals surface area contributed by atoms with Crippen molar-refractivity contribution in [3.8, 4) is 34.8 Å². The van der Waals surface area contributed by atoms with Gasteiger partial charge in [-0.1, -0.05) is 66.3 Å². The Morgan fingerprint density at radius 2 is 1.09 bits per heavy atom. The standard InChI is InChI=1S/C68H93IN6O18Si/c1-43-29-52-62(80)74(64(81)91-66(3,4)5)50-36-56(54(83-12)34-48(50)60(78)72(52)39-43)89-41-46-31-45(17-16-19-70-58(76)18-21-85-23-25-87-27-28-88-26-24-86-22-20-71-59(77)38-69)32-47(33-46)42-90-57-37-51-49(35-55(57)84-13)61(79)73-40-44(2)30-53(73)63(93-94(14,15)68(9,10)11)75(51)65(82)92-67(6,7)8/h31-37,39-40,52-53,62-63,80H,18-30,38,41-42H2,1-15H3,(H,70,76)(H,71,77)/t52-,53-,62-,63-/m0/s1. The first-order valence-corrected chi connectivity index (χ1v) is 35.9. The molecule has 4 heterocycles. The lowest BCUT2D eigenvalue weighted by Gasteiger charge is -2.44. The van der Waals surface area contributed by atoms with Crippen molar-refractivity contribution < 1.29 is 85.7 Å². The van der Waals surface area contributed by atoms with Crippen molar-refractivity contribution in [2.75, 3.05) is 94.4 Å². The molecule has 0 unspecified atom stereocenters. The minimum Gasteiger partial charge on any atom is -0.493 e. The van der Waals surface area contributed by atoms with Gasteiger partial charge in [-0.25, -0.2) is 19.4 Å². The summed E-state index contributed by atoms with van der Waals surface area (Å²) >= 11 is 2.00. The maximum Gasteiger partial charge on any atom is 0.417 e. The molecule has 26 heteroatoms. The Morgan fingerprint density at radius 1 is 0.617 bits per heavy atom. The molecular weight excluding hydrogens is 1340 g/mol. The second kappa shape index (κ2) is 32.6. The molecule has 0 aromatic heterocycles. The molecule has 0 spiro atoms. The van der Waals surface area contributed by atoms with Gasteiger partial charge in [0.1, 0.15) is 24.4 Å². The Bertz CT molecular complexity index is 3360. The van der Waals surface area contributed by atoms with Crippen molar-refractivity contribution in [3.63, 3.8) is 0 Å². The number of ether oxygens (including phenoxy) is 10.